The molecule has 28 heavy (non-hydrogen) atoms. The average molecular weight is 387 g/mol. The van der Waals surface area contributed by atoms with Crippen LogP contribution in [0.1, 0.15) is 16.7 Å². The van der Waals surface area contributed by atoms with Gasteiger partial charge >= 0.3 is 0 Å². The van der Waals surface area contributed by atoms with Crippen LogP contribution in [-0.2, 0) is 13.2 Å². The first-order chi connectivity index (χ1) is 13.8. The Morgan fingerprint density at radius 1 is 0.857 bits per heavy atom. The lowest BCUT2D eigenvalue weighted by molar-refractivity contribution is 0.282. The number of aliphatic imine (C=N–C) groups is 1. The molecule has 0 bridgehead atoms. The van der Waals surface area contributed by atoms with Gasteiger partial charge in [-0.05, 0) is 34.9 Å². The van der Waals surface area contributed by atoms with Crippen LogP contribution in [0.4, 0.5) is 5.69 Å². The van der Waals surface area contributed by atoms with Gasteiger partial charge in [0.2, 0.25) is 0 Å². The summed E-state index contributed by atoms with van der Waals surface area (Å²) in [4.78, 5) is 8.42. The van der Waals surface area contributed by atoms with E-state index in [2.05, 4.69) is 47.4 Å². The predicted octanol–water partition coefficient (Wildman–Crippen LogP) is 5.33. The quantitative estimate of drug-likeness (QED) is 0.644. The van der Waals surface area contributed by atoms with Crippen molar-refractivity contribution in [2.75, 3.05) is 11.4 Å². The minimum atomic E-state index is 0.0731. The third kappa shape index (κ3) is 4.53. The fourth-order valence-electron chi connectivity index (χ4n) is 3.08. The lowest BCUT2D eigenvalue weighted by Gasteiger charge is -2.17. The molecule has 0 atom stereocenters. The Morgan fingerprint density at radius 2 is 1.54 bits per heavy atom. The highest BCUT2D eigenvalue weighted by molar-refractivity contribution is 8.18. The molecule has 3 aromatic rings. The zero-order valence-electron chi connectivity index (χ0n) is 15.5. The number of nitrogens with zero attached hydrogens (tertiary/aromatic N) is 2. The van der Waals surface area contributed by atoms with Crippen LogP contribution in [-0.4, -0.2) is 16.8 Å². The molecule has 140 valence electrons. The zero-order valence-corrected chi connectivity index (χ0v) is 16.3. The smallest absolute Gasteiger partial charge is 0.169 e. The van der Waals surface area contributed by atoms with Gasteiger partial charge in [-0.3, -0.25) is 4.99 Å². The number of benzene rings is 3. The predicted molar refractivity (Wildman–Crippen MR) is 119 cm³/mol. The summed E-state index contributed by atoms with van der Waals surface area (Å²) in [6.45, 7) is 1.55. The Morgan fingerprint density at radius 3 is 2.21 bits per heavy atom. The maximum absolute atomic E-state index is 9.22. The molecule has 0 saturated carbocycles. The monoisotopic (exact) mass is 386 g/mol. The maximum atomic E-state index is 9.22. The normalized spacial score (nSPS) is 16.8. The maximum Gasteiger partial charge on any atom is 0.169 e. The second-order valence-electron chi connectivity index (χ2n) is 6.62. The first kappa shape index (κ1) is 18.5. The van der Waals surface area contributed by atoms with E-state index in [-0.39, 0.29) is 6.61 Å². The number of aliphatic hydroxyl groups excluding tert-OH is 1. The molecular weight excluding hydrogens is 364 g/mol. The molecule has 0 spiro atoms. The van der Waals surface area contributed by atoms with E-state index in [0.717, 1.165) is 28.5 Å². The van der Waals surface area contributed by atoms with Crippen molar-refractivity contribution in [3.63, 3.8) is 0 Å². The van der Waals surface area contributed by atoms with Crippen molar-refractivity contribution in [1.82, 2.24) is 0 Å². The van der Waals surface area contributed by atoms with Crippen LogP contribution in [0.2, 0.25) is 0 Å². The van der Waals surface area contributed by atoms with Gasteiger partial charge in [0.05, 0.1) is 19.7 Å². The molecule has 0 aromatic heterocycles. The Bertz CT molecular complexity index is 967. The van der Waals surface area contributed by atoms with Crippen LogP contribution >= 0.6 is 11.8 Å². The molecule has 0 amide bonds. The molecule has 0 unspecified atom stereocenters. The number of thioether (sulfide) groups is 1. The van der Waals surface area contributed by atoms with Crippen LogP contribution < -0.4 is 4.90 Å². The second-order valence-corrected chi connectivity index (χ2v) is 7.71. The van der Waals surface area contributed by atoms with Gasteiger partial charge in [0.25, 0.3) is 0 Å². The summed E-state index contributed by atoms with van der Waals surface area (Å²) < 4.78 is 0. The second kappa shape index (κ2) is 8.91. The standard InChI is InChI=1S/C24H22N2OS/c27-18-21-13-11-19(12-14-21)15-23-17-26(22-9-5-2-6-10-22)24(28-23)25-16-20-7-3-1-4-8-20/h1-15,27H,16-18H2/b23-15-,25-24?. The number of aliphatic hydroxyl groups is 1. The minimum absolute atomic E-state index is 0.0731. The first-order valence-electron chi connectivity index (χ1n) is 9.31. The fourth-order valence-corrected chi connectivity index (χ4v) is 4.11. The largest absolute Gasteiger partial charge is 0.392 e. The summed E-state index contributed by atoms with van der Waals surface area (Å²) in [5.41, 5.74) is 4.43. The fraction of sp³-hybridized carbons (Fsp3) is 0.125. The molecule has 4 rings (SSSR count). The average Bonchev–Trinajstić information content (AvgIpc) is 3.17. The highest BCUT2D eigenvalue weighted by Crippen LogP contribution is 2.35. The lowest BCUT2D eigenvalue weighted by Crippen LogP contribution is -2.23. The zero-order chi connectivity index (χ0) is 19.2. The van der Waals surface area contributed by atoms with E-state index in [1.807, 2.05) is 48.5 Å². The van der Waals surface area contributed by atoms with E-state index in [9.17, 15) is 5.11 Å². The van der Waals surface area contributed by atoms with Gasteiger partial charge in [-0.2, -0.15) is 0 Å². The Labute approximate surface area is 170 Å². The van der Waals surface area contributed by atoms with Crippen molar-refractivity contribution >= 4 is 28.7 Å². The summed E-state index contributed by atoms with van der Waals surface area (Å²) in [7, 11) is 0. The molecule has 1 heterocycles. The third-order valence-electron chi connectivity index (χ3n) is 4.56. The van der Waals surface area contributed by atoms with Gasteiger partial charge in [-0.25, -0.2) is 0 Å². The minimum Gasteiger partial charge on any atom is -0.392 e. The first-order valence-corrected chi connectivity index (χ1v) is 10.1. The van der Waals surface area contributed by atoms with Crippen LogP contribution in [0, 0.1) is 0 Å². The van der Waals surface area contributed by atoms with Crippen molar-refractivity contribution in [2.45, 2.75) is 13.2 Å². The summed E-state index contributed by atoms with van der Waals surface area (Å²) in [5, 5.41) is 10.2. The van der Waals surface area contributed by atoms with Gasteiger partial charge in [0.1, 0.15) is 0 Å². The highest BCUT2D eigenvalue weighted by atomic mass is 32.2. The van der Waals surface area contributed by atoms with Crippen molar-refractivity contribution in [3.8, 4) is 0 Å². The van der Waals surface area contributed by atoms with Crippen molar-refractivity contribution < 1.29 is 5.11 Å². The number of rotatable bonds is 5. The van der Waals surface area contributed by atoms with Crippen LogP contribution in [0.15, 0.2) is 94.8 Å². The number of hydrogen-bond acceptors (Lipinski definition) is 3. The molecule has 0 aliphatic carbocycles. The molecule has 1 saturated heterocycles. The molecular formula is C24H22N2OS. The van der Waals surface area contributed by atoms with Gasteiger partial charge in [0.15, 0.2) is 5.17 Å². The lowest BCUT2D eigenvalue weighted by atomic mass is 10.1. The number of amidine groups is 1. The number of anilines is 1. The van der Waals surface area contributed by atoms with Crippen molar-refractivity contribution in [1.29, 1.82) is 0 Å². The van der Waals surface area contributed by atoms with Crippen molar-refractivity contribution in [3.05, 3.63) is 107 Å². The summed E-state index contributed by atoms with van der Waals surface area (Å²) in [6.07, 6.45) is 2.20. The van der Waals surface area contributed by atoms with Gasteiger partial charge in [-0.15, -0.1) is 0 Å². The van der Waals surface area contributed by atoms with E-state index in [1.165, 1.54) is 10.5 Å². The van der Waals surface area contributed by atoms with E-state index in [4.69, 9.17) is 4.99 Å². The summed E-state index contributed by atoms with van der Waals surface area (Å²) >= 11 is 1.73. The van der Waals surface area contributed by atoms with E-state index < -0.39 is 0 Å². The molecule has 4 heteroatoms. The third-order valence-corrected chi connectivity index (χ3v) is 5.61. The SMILES string of the molecule is OCc1ccc(/C=C2/CN(c3ccccc3)C(=NCc3ccccc3)S2)cc1. The molecule has 1 aliphatic rings. The molecule has 1 fully saturated rings. The molecule has 3 aromatic carbocycles. The van der Waals surface area contributed by atoms with Crippen LogP contribution in [0.3, 0.4) is 0 Å². The van der Waals surface area contributed by atoms with Gasteiger partial charge < -0.3 is 10.0 Å². The Hall–Kier alpha value is -2.82. The molecule has 0 radical (unpaired) electrons. The summed E-state index contributed by atoms with van der Waals surface area (Å²) in [5.74, 6) is 0. The van der Waals surface area contributed by atoms with Crippen LogP contribution in [0.5, 0.6) is 0 Å². The highest BCUT2D eigenvalue weighted by Gasteiger charge is 2.25. The van der Waals surface area contributed by atoms with E-state index in [1.54, 1.807) is 11.8 Å². The molecule has 1 aliphatic heterocycles. The number of hydrogen-bond donors (Lipinski definition) is 1. The van der Waals surface area contributed by atoms with Crippen LogP contribution in [0.25, 0.3) is 6.08 Å². The van der Waals surface area contributed by atoms with E-state index >= 15 is 0 Å². The topological polar surface area (TPSA) is 35.8 Å². The van der Waals surface area contributed by atoms with E-state index in [0.29, 0.717) is 6.54 Å². The van der Waals surface area contributed by atoms with Gasteiger partial charge in [0, 0.05) is 10.6 Å². The molecule has 1 N–H and O–H groups in total. The Kier molecular flexibility index (Phi) is 5.90. The van der Waals surface area contributed by atoms with Crippen molar-refractivity contribution in [2.24, 2.45) is 4.99 Å². The molecule has 3 nitrogen and oxygen atoms in total. The Balaban J connectivity index is 1.60. The number of para-hydroxylation sites is 1. The summed E-state index contributed by atoms with van der Waals surface area (Å²) in [6, 6.07) is 28.8. The van der Waals surface area contributed by atoms with Gasteiger partial charge in [-0.1, -0.05) is 84.6 Å².